The first-order chi connectivity index (χ1) is 10.6. The van der Waals surface area contributed by atoms with Crippen LogP contribution in [0.25, 0.3) is 0 Å². The summed E-state index contributed by atoms with van der Waals surface area (Å²) >= 11 is -1.79. The fraction of sp³-hybridized carbons (Fsp3) is 0.579. The van der Waals surface area contributed by atoms with Crippen molar-refractivity contribution in [1.82, 2.24) is 0 Å². The quantitative estimate of drug-likeness (QED) is 0.488. The maximum Gasteiger partial charge on any atom is -1.00 e. The number of hydrogen-bond acceptors (Lipinski definition) is 1. The molecule has 1 aliphatic heterocycles. The molecule has 139 valence electrons. The molecule has 0 spiro atoms. The van der Waals surface area contributed by atoms with Crippen LogP contribution < -0.4 is 24.8 Å². The minimum atomic E-state index is -1.79. The summed E-state index contributed by atoms with van der Waals surface area (Å²) in [5.41, 5.74) is 3.90. The summed E-state index contributed by atoms with van der Waals surface area (Å²) in [5, 5.41) is -1.40. The van der Waals surface area contributed by atoms with Crippen molar-refractivity contribution < 1.29 is 50.2 Å². The molecule has 0 radical (unpaired) electrons. The molecule has 0 aromatic carbocycles. The molecule has 0 saturated carbocycles. The molecule has 1 unspecified atom stereocenters. The van der Waals surface area contributed by atoms with Crippen molar-refractivity contribution in [2.24, 2.45) is 5.92 Å². The molecular formula is C19H31Cl2OSi2Zr. The molecule has 0 N–H and O–H groups in total. The van der Waals surface area contributed by atoms with Crippen molar-refractivity contribution in [2.75, 3.05) is 0 Å². The monoisotopic (exact) mass is 491 g/mol. The van der Waals surface area contributed by atoms with Gasteiger partial charge in [-0.25, -0.2) is 0 Å². The topological polar surface area (TPSA) is 9.23 Å². The van der Waals surface area contributed by atoms with E-state index in [1.165, 1.54) is 12.8 Å². The van der Waals surface area contributed by atoms with Crippen LogP contribution in [-0.2, 0) is 25.3 Å². The van der Waals surface area contributed by atoms with Gasteiger partial charge in [-0.2, -0.15) is 0 Å². The Morgan fingerprint density at radius 3 is 1.80 bits per heavy atom. The molecule has 2 aliphatic carbocycles. The molecule has 1 heterocycles. The van der Waals surface area contributed by atoms with Crippen molar-refractivity contribution in [2.45, 2.75) is 65.2 Å². The molecule has 0 saturated heterocycles. The molecule has 25 heavy (non-hydrogen) atoms. The molecule has 3 rings (SSSR count). The molecule has 0 aromatic rings. The van der Waals surface area contributed by atoms with Gasteiger partial charge in [-0.1, -0.05) is 0 Å². The molecule has 1 nitrogen and oxygen atoms in total. The van der Waals surface area contributed by atoms with Crippen LogP contribution in [0.2, 0.25) is 32.7 Å². The van der Waals surface area contributed by atoms with Crippen molar-refractivity contribution in [3.8, 4) is 0 Å². The molecule has 0 amide bonds. The van der Waals surface area contributed by atoms with Crippen LogP contribution >= 0.6 is 0 Å². The number of rotatable bonds is 4. The molecule has 0 bridgehead atoms. The van der Waals surface area contributed by atoms with Gasteiger partial charge in [0, 0.05) is 0 Å². The Labute approximate surface area is 175 Å². The Morgan fingerprint density at radius 2 is 1.40 bits per heavy atom. The Bertz CT molecular complexity index is 606. The Morgan fingerprint density at radius 1 is 0.960 bits per heavy atom. The summed E-state index contributed by atoms with van der Waals surface area (Å²) in [6, 6.07) is 0. The molecule has 3 aliphatic rings. The Hall–Kier alpha value is 0.817. The fourth-order valence-corrected chi connectivity index (χ4v) is 33.7. The first-order valence-corrected chi connectivity index (χ1v) is 21.6. The smallest absolute Gasteiger partial charge is 1.00 e. The molecule has 6 heteroatoms. The standard InChI is InChI=1S/C12H12.C7H19OSi2.2ClH.Zr/c1-10(11-6-2-3-7-11)12-8-4-5-9-12;1-7(9(2)3)8-10(4,5)6;;;/h2,4,6,8,10H,3,5H2,1H3;7H,1-6H3;2*1H;/q;;;;+2/p-2. The van der Waals surface area contributed by atoms with Gasteiger partial charge in [-0.3, -0.25) is 0 Å². The molecular weight excluding hydrogens is 463 g/mol. The average molecular weight is 494 g/mol. The van der Waals surface area contributed by atoms with Crippen molar-refractivity contribution in [3.63, 3.8) is 0 Å². The third-order valence-corrected chi connectivity index (χ3v) is 31.9. The third kappa shape index (κ3) is 4.46. The zero-order valence-corrected chi connectivity index (χ0v) is 22.5. The van der Waals surface area contributed by atoms with Gasteiger partial charge in [0.2, 0.25) is 0 Å². The summed E-state index contributed by atoms with van der Waals surface area (Å²) < 4.78 is 10.5. The van der Waals surface area contributed by atoms with Crippen LogP contribution in [-0.4, -0.2) is 19.2 Å². The van der Waals surface area contributed by atoms with Crippen LogP contribution in [0.3, 0.4) is 0 Å². The zero-order chi connectivity index (χ0) is 17.0. The second-order valence-electron chi connectivity index (χ2n) is 8.77. The van der Waals surface area contributed by atoms with Gasteiger partial charge in [0.15, 0.2) is 0 Å². The average Bonchev–Trinajstić information content (AvgIpc) is 3.05. The summed E-state index contributed by atoms with van der Waals surface area (Å²) in [6.45, 7) is 17.1. The van der Waals surface area contributed by atoms with Crippen LogP contribution in [0.4, 0.5) is 0 Å². The van der Waals surface area contributed by atoms with Gasteiger partial charge in [0.05, 0.1) is 0 Å². The Balaban J connectivity index is 0.00000156. The minimum Gasteiger partial charge on any atom is -1.00 e. The largest absolute Gasteiger partial charge is 1.00 e. The van der Waals surface area contributed by atoms with Crippen molar-refractivity contribution in [3.05, 3.63) is 42.0 Å². The van der Waals surface area contributed by atoms with Crippen LogP contribution in [0, 0.1) is 5.92 Å². The zero-order valence-electron chi connectivity index (χ0n) is 16.5. The minimum absolute atomic E-state index is 0. The summed E-state index contributed by atoms with van der Waals surface area (Å²) in [4.78, 5) is 0. The van der Waals surface area contributed by atoms with E-state index < -0.39 is 34.4 Å². The number of allylic oxidation sites excluding steroid dienone is 8. The van der Waals surface area contributed by atoms with Crippen LogP contribution in [0.15, 0.2) is 42.0 Å². The second-order valence-corrected chi connectivity index (χ2v) is 34.8. The Kier molecular flexibility index (Phi) is 8.06. The van der Waals surface area contributed by atoms with E-state index in [-0.39, 0.29) is 24.8 Å². The van der Waals surface area contributed by atoms with E-state index in [1.54, 1.807) is 11.1 Å². The molecule has 0 aromatic heterocycles. The SMILES string of the molecule is CC1C2=[C](CC=C2)[Zr+2]([Si](C)(C)C(C)O[Si](C)(C)C)[C]2=C1C=CC2.[Cl-].[Cl-]. The van der Waals surface area contributed by atoms with E-state index in [0.717, 1.165) is 0 Å². The van der Waals surface area contributed by atoms with E-state index >= 15 is 0 Å². The maximum atomic E-state index is 6.64. The normalized spacial score (nSPS) is 21.2. The molecule has 1 atom stereocenters. The predicted molar refractivity (Wildman–Crippen MR) is 102 cm³/mol. The first kappa shape index (κ1) is 23.9. The van der Waals surface area contributed by atoms with E-state index in [0.29, 0.717) is 11.6 Å². The summed E-state index contributed by atoms with van der Waals surface area (Å²) in [7, 11) is -1.47. The van der Waals surface area contributed by atoms with E-state index in [2.05, 4.69) is 70.9 Å². The number of hydrogen-bond donors (Lipinski definition) is 0. The van der Waals surface area contributed by atoms with Gasteiger partial charge in [0.1, 0.15) is 0 Å². The predicted octanol–water partition coefficient (Wildman–Crippen LogP) is -0.325. The van der Waals surface area contributed by atoms with Crippen LogP contribution in [0.5, 0.6) is 0 Å². The molecule has 0 fully saturated rings. The maximum absolute atomic E-state index is 6.64. The van der Waals surface area contributed by atoms with Gasteiger partial charge in [-0.05, 0) is 0 Å². The van der Waals surface area contributed by atoms with E-state index in [4.69, 9.17) is 4.43 Å². The summed E-state index contributed by atoms with van der Waals surface area (Å²) in [5.74, 6) is 0.639. The fourth-order valence-electron chi connectivity index (χ4n) is 4.36. The van der Waals surface area contributed by atoms with Crippen LogP contribution in [0.1, 0.15) is 26.7 Å². The van der Waals surface area contributed by atoms with E-state index in [1.807, 2.05) is 6.56 Å². The second kappa shape index (κ2) is 8.45. The van der Waals surface area contributed by atoms with Gasteiger partial charge in [0.25, 0.3) is 0 Å². The summed E-state index contributed by atoms with van der Waals surface area (Å²) in [6.07, 6.45) is 12.3. The van der Waals surface area contributed by atoms with Crippen molar-refractivity contribution >= 4 is 13.5 Å². The van der Waals surface area contributed by atoms with Gasteiger partial charge in [-0.15, -0.1) is 0 Å². The van der Waals surface area contributed by atoms with E-state index in [9.17, 15) is 0 Å². The van der Waals surface area contributed by atoms with Gasteiger partial charge >= 0.3 is 152 Å². The third-order valence-electron chi connectivity index (χ3n) is 5.66. The number of halogens is 2. The van der Waals surface area contributed by atoms with Crippen molar-refractivity contribution in [1.29, 1.82) is 0 Å². The van der Waals surface area contributed by atoms with Gasteiger partial charge < -0.3 is 24.8 Å². The first-order valence-electron chi connectivity index (χ1n) is 8.98.